The third-order valence-electron chi connectivity index (χ3n) is 17.1. The first-order valence-corrected chi connectivity index (χ1v) is 26.5. The molecule has 2 nitrogen and oxygen atoms in total. The van der Waals surface area contributed by atoms with Crippen LogP contribution >= 0.6 is 0 Å². The van der Waals surface area contributed by atoms with E-state index in [-0.39, 0.29) is 0 Å². The Balaban J connectivity index is 1.05. The second-order valence-electron chi connectivity index (χ2n) is 20.6. The molecule has 13 aromatic rings. The second-order valence-corrected chi connectivity index (χ2v) is 20.6. The SMILES string of the molecule is c1ccc(-c2ccccc2-c2ccccc2N(c2cccc3c2-c2ccccc2C3(c2ccccc2)c2ccccc2)c2cccc3c2-c2ccccc2C32c3ccccc3-n3c4ccccc4c4cccc2c43)cc1. The molecule has 0 radical (unpaired) electrons. The fourth-order valence-electron chi connectivity index (χ4n) is 14.3. The second kappa shape index (κ2) is 16.4. The molecule has 0 fully saturated rings. The van der Waals surface area contributed by atoms with E-state index in [0.29, 0.717) is 0 Å². The van der Waals surface area contributed by atoms with Crippen LogP contribution in [0.3, 0.4) is 0 Å². The number of rotatable bonds is 7. The number of para-hydroxylation sites is 4. The monoisotopic (exact) mass is 964 g/mol. The molecule has 0 saturated carbocycles. The van der Waals surface area contributed by atoms with E-state index in [1.54, 1.807) is 0 Å². The summed E-state index contributed by atoms with van der Waals surface area (Å²) in [5.41, 5.74) is 25.7. The van der Waals surface area contributed by atoms with Crippen LogP contribution in [-0.2, 0) is 10.8 Å². The van der Waals surface area contributed by atoms with Gasteiger partial charge in [0.1, 0.15) is 0 Å². The number of hydrogen-bond donors (Lipinski definition) is 0. The third kappa shape index (κ3) is 5.60. The zero-order valence-corrected chi connectivity index (χ0v) is 41.6. The molecule has 0 saturated heterocycles. The normalized spacial score (nSPS) is 15.0. The smallest absolute Gasteiger partial charge is 0.0755 e. The molecule has 1 atom stereocenters. The highest BCUT2D eigenvalue weighted by atomic mass is 15.2. The Labute approximate surface area is 442 Å². The summed E-state index contributed by atoms with van der Waals surface area (Å²) in [5.74, 6) is 0. The van der Waals surface area contributed by atoms with Crippen LogP contribution in [0.2, 0.25) is 0 Å². The largest absolute Gasteiger partial charge is 0.309 e. The maximum Gasteiger partial charge on any atom is 0.0755 e. The lowest BCUT2D eigenvalue weighted by Crippen LogP contribution is -2.33. The molecule has 354 valence electrons. The zero-order valence-electron chi connectivity index (χ0n) is 41.6. The lowest BCUT2D eigenvalue weighted by Gasteiger charge is -2.40. The molecular formula is C74H48N2. The molecule has 2 heteroatoms. The molecule has 16 rings (SSSR count). The number of aromatic nitrogens is 1. The van der Waals surface area contributed by atoms with Crippen LogP contribution in [0.15, 0.2) is 291 Å². The Morgan fingerprint density at radius 1 is 0.263 bits per heavy atom. The van der Waals surface area contributed by atoms with E-state index < -0.39 is 10.8 Å². The van der Waals surface area contributed by atoms with Crippen molar-refractivity contribution in [3.8, 4) is 50.2 Å². The van der Waals surface area contributed by atoms with Crippen LogP contribution in [0.1, 0.15) is 44.5 Å². The highest BCUT2D eigenvalue weighted by Gasteiger charge is 2.53. The number of nitrogens with zero attached hydrogens (tertiary/aromatic N) is 2. The summed E-state index contributed by atoms with van der Waals surface area (Å²) in [6.07, 6.45) is 0. The molecule has 1 aromatic heterocycles. The van der Waals surface area contributed by atoms with Crippen molar-refractivity contribution in [3.05, 3.63) is 336 Å². The van der Waals surface area contributed by atoms with E-state index in [4.69, 9.17) is 0 Å². The van der Waals surface area contributed by atoms with Gasteiger partial charge in [-0.2, -0.15) is 0 Å². The lowest BCUT2D eigenvalue weighted by atomic mass is 9.65. The van der Waals surface area contributed by atoms with Gasteiger partial charge in [-0.3, -0.25) is 0 Å². The summed E-state index contributed by atoms with van der Waals surface area (Å²) in [6, 6.07) is 109. The molecule has 0 bridgehead atoms. The van der Waals surface area contributed by atoms with Crippen molar-refractivity contribution in [2.75, 3.05) is 4.90 Å². The highest BCUT2D eigenvalue weighted by Crippen LogP contribution is 2.65. The summed E-state index contributed by atoms with van der Waals surface area (Å²) in [4.78, 5) is 2.64. The predicted molar refractivity (Wildman–Crippen MR) is 315 cm³/mol. The molecule has 2 heterocycles. The molecule has 12 aromatic carbocycles. The fraction of sp³-hybridized carbons (Fsp3) is 0.0270. The Kier molecular flexibility index (Phi) is 9.20. The van der Waals surface area contributed by atoms with E-state index >= 15 is 0 Å². The van der Waals surface area contributed by atoms with Gasteiger partial charge in [0, 0.05) is 27.5 Å². The van der Waals surface area contributed by atoms with Gasteiger partial charge in [-0.1, -0.05) is 261 Å². The summed E-state index contributed by atoms with van der Waals surface area (Å²) in [7, 11) is 0. The Morgan fingerprint density at radius 2 is 0.697 bits per heavy atom. The minimum absolute atomic E-state index is 0.589. The van der Waals surface area contributed by atoms with E-state index in [1.807, 2.05) is 0 Å². The topological polar surface area (TPSA) is 8.17 Å². The van der Waals surface area contributed by atoms with Crippen molar-refractivity contribution in [2.45, 2.75) is 10.8 Å². The molecule has 0 N–H and O–H groups in total. The van der Waals surface area contributed by atoms with Crippen LogP contribution in [0, 0.1) is 0 Å². The first-order valence-electron chi connectivity index (χ1n) is 26.5. The summed E-state index contributed by atoms with van der Waals surface area (Å²) in [5, 5.41) is 2.54. The van der Waals surface area contributed by atoms with E-state index in [1.165, 1.54) is 111 Å². The van der Waals surface area contributed by atoms with Gasteiger partial charge in [0.2, 0.25) is 0 Å². The van der Waals surface area contributed by atoms with Crippen LogP contribution in [0.25, 0.3) is 72.0 Å². The average molecular weight is 965 g/mol. The van der Waals surface area contributed by atoms with Crippen molar-refractivity contribution in [2.24, 2.45) is 0 Å². The summed E-state index contributed by atoms with van der Waals surface area (Å²) >= 11 is 0. The van der Waals surface area contributed by atoms with Crippen molar-refractivity contribution >= 4 is 38.9 Å². The maximum absolute atomic E-state index is 2.64. The van der Waals surface area contributed by atoms with Gasteiger partial charge in [0.15, 0.2) is 0 Å². The Bertz CT molecular complexity index is 4430. The molecule has 0 amide bonds. The molecule has 1 aliphatic heterocycles. The molecule has 1 spiro atoms. The maximum atomic E-state index is 2.64. The van der Waals surface area contributed by atoms with Gasteiger partial charge < -0.3 is 9.47 Å². The van der Waals surface area contributed by atoms with E-state index in [9.17, 15) is 0 Å². The quantitative estimate of drug-likeness (QED) is 0.155. The molecule has 3 aliphatic rings. The van der Waals surface area contributed by atoms with Crippen molar-refractivity contribution in [1.82, 2.24) is 4.57 Å². The van der Waals surface area contributed by atoms with Gasteiger partial charge in [0.05, 0.1) is 44.6 Å². The van der Waals surface area contributed by atoms with Gasteiger partial charge in [-0.05, 0) is 103 Å². The van der Waals surface area contributed by atoms with Crippen LogP contribution in [0.5, 0.6) is 0 Å². The Morgan fingerprint density at radius 3 is 1.37 bits per heavy atom. The van der Waals surface area contributed by atoms with Gasteiger partial charge >= 0.3 is 0 Å². The number of hydrogen-bond acceptors (Lipinski definition) is 1. The Hall–Kier alpha value is -9.76. The summed E-state index contributed by atoms with van der Waals surface area (Å²) in [6.45, 7) is 0. The third-order valence-corrected chi connectivity index (χ3v) is 17.1. The minimum Gasteiger partial charge on any atom is -0.309 e. The van der Waals surface area contributed by atoms with Crippen LogP contribution in [-0.4, -0.2) is 4.57 Å². The zero-order chi connectivity index (χ0) is 50.0. The van der Waals surface area contributed by atoms with Gasteiger partial charge in [-0.25, -0.2) is 0 Å². The van der Waals surface area contributed by atoms with Gasteiger partial charge in [-0.15, -0.1) is 0 Å². The number of anilines is 3. The average Bonchev–Trinajstić information content (AvgIpc) is 4.32. The number of benzene rings is 12. The minimum atomic E-state index is -0.630. The molecular weight excluding hydrogens is 917 g/mol. The first kappa shape index (κ1) is 42.7. The van der Waals surface area contributed by atoms with Crippen LogP contribution in [0.4, 0.5) is 17.1 Å². The van der Waals surface area contributed by atoms with E-state index in [2.05, 4.69) is 301 Å². The highest BCUT2D eigenvalue weighted by molar-refractivity contribution is 6.14. The van der Waals surface area contributed by atoms with Crippen LogP contribution < -0.4 is 4.90 Å². The van der Waals surface area contributed by atoms with E-state index in [0.717, 1.165) is 22.6 Å². The summed E-state index contributed by atoms with van der Waals surface area (Å²) < 4.78 is 2.54. The van der Waals surface area contributed by atoms with Gasteiger partial charge in [0.25, 0.3) is 0 Å². The molecule has 1 unspecified atom stereocenters. The number of fused-ring (bicyclic) bond motifs is 15. The lowest BCUT2D eigenvalue weighted by molar-refractivity contribution is 0.748. The fourth-order valence-corrected chi connectivity index (χ4v) is 14.3. The first-order chi connectivity index (χ1) is 37.8. The molecule has 76 heavy (non-hydrogen) atoms. The molecule has 2 aliphatic carbocycles. The standard InChI is InChI=1S/C74H48N2/c1-4-25-49(26-5-1)52-31-10-11-32-53(52)54-33-14-19-44-65(54)75(68-47-23-41-62-70(68)57-35-12-16-38-59(57)73(62,50-27-6-2-7-28-50)51-29-8-3-9-30-51)69-48-24-42-63-71(69)58-36-13-17-39-60(58)74(63)61-40-18-21-46-67(61)76-66-45-20-15-34-55(66)56-37-22-43-64(74)72(56)76/h1-48H. The van der Waals surface area contributed by atoms with Crippen molar-refractivity contribution in [3.63, 3.8) is 0 Å². The van der Waals surface area contributed by atoms with Crippen molar-refractivity contribution in [1.29, 1.82) is 0 Å². The predicted octanol–water partition coefficient (Wildman–Crippen LogP) is 18.6. The van der Waals surface area contributed by atoms with Crippen molar-refractivity contribution < 1.29 is 0 Å².